The van der Waals surface area contributed by atoms with Crippen molar-refractivity contribution in [2.75, 3.05) is 12.8 Å². The molecule has 0 aromatic heterocycles. The standard InChI is InChI=1S/C30H29N3O4.CH4O3S/c31-29(36)28(35)26(19-22-7-2-1-3-8-22)32-30(37)25-10-5-4-9-24(25)17-16-21-12-14-23(15-13-21)20-33-18-6-11-27(33)34;1-5(2,3)4/h1-5,7-10,12-17,26H,6,11,18-20H2,(H2,31,36)(H,32,37);1H3,(H,2,3,4)/b17-16+;. The first kappa shape index (κ1) is 31.9. The van der Waals surface area contributed by atoms with Gasteiger partial charge in [-0.25, -0.2) is 0 Å². The van der Waals surface area contributed by atoms with Gasteiger partial charge in [-0.2, -0.15) is 8.42 Å². The fourth-order valence-corrected chi connectivity index (χ4v) is 4.33. The Kier molecular flexibility index (Phi) is 11.3. The van der Waals surface area contributed by atoms with E-state index in [1.54, 1.807) is 18.2 Å². The summed E-state index contributed by atoms with van der Waals surface area (Å²) in [4.78, 5) is 50.9. The molecule has 1 fully saturated rings. The summed E-state index contributed by atoms with van der Waals surface area (Å²) >= 11 is 0. The fraction of sp³-hybridized carbons (Fsp3) is 0.226. The minimum Gasteiger partial charge on any atom is -0.363 e. The molecule has 11 heteroatoms. The molecular formula is C31H33N3O7S. The molecule has 1 saturated heterocycles. The first-order valence-corrected chi connectivity index (χ1v) is 15.0. The average molecular weight is 592 g/mol. The number of likely N-dealkylation sites (tertiary alicyclic amines) is 1. The fourth-order valence-electron chi connectivity index (χ4n) is 4.33. The highest BCUT2D eigenvalue weighted by Gasteiger charge is 2.26. The number of hydrogen-bond donors (Lipinski definition) is 3. The highest BCUT2D eigenvalue weighted by atomic mass is 32.2. The molecule has 1 unspecified atom stereocenters. The van der Waals surface area contributed by atoms with Crippen molar-refractivity contribution >= 4 is 45.8 Å². The third kappa shape index (κ3) is 10.4. The van der Waals surface area contributed by atoms with Crippen LogP contribution in [-0.4, -0.2) is 60.2 Å². The molecule has 220 valence electrons. The normalized spacial score (nSPS) is 13.8. The van der Waals surface area contributed by atoms with Gasteiger partial charge in [0, 0.05) is 31.5 Å². The molecule has 3 aromatic rings. The van der Waals surface area contributed by atoms with E-state index < -0.39 is 33.8 Å². The number of benzene rings is 3. The molecule has 10 nitrogen and oxygen atoms in total. The van der Waals surface area contributed by atoms with Gasteiger partial charge in [0.25, 0.3) is 21.9 Å². The molecule has 0 saturated carbocycles. The van der Waals surface area contributed by atoms with Crippen LogP contribution in [0.2, 0.25) is 0 Å². The van der Waals surface area contributed by atoms with Crippen LogP contribution in [0, 0.1) is 0 Å². The summed E-state index contributed by atoms with van der Waals surface area (Å²) in [7, 11) is -3.67. The number of rotatable bonds is 10. The van der Waals surface area contributed by atoms with E-state index in [2.05, 4.69) is 5.32 Å². The number of nitrogens with zero attached hydrogens (tertiary/aromatic N) is 1. The Morgan fingerprint density at radius 3 is 2.17 bits per heavy atom. The van der Waals surface area contributed by atoms with Crippen molar-refractivity contribution in [2.24, 2.45) is 5.73 Å². The van der Waals surface area contributed by atoms with E-state index in [0.717, 1.165) is 29.7 Å². The molecule has 0 spiro atoms. The summed E-state index contributed by atoms with van der Waals surface area (Å²) in [6.45, 7) is 1.41. The number of carbonyl (C=O) groups excluding carboxylic acids is 4. The minimum atomic E-state index is -3.67. The molecule has 1 atom stereocenters. The van der Waals surface area contributed by atoms with Gasteiger partial charge >= 0.3 is 0 Å². The van der Waals surface area contributed by atoms with Crippen molar-refractivity contribution in [3.05, 3.63) is 107 Å². The van der Waals surface area contributed by atoms with E-state index in [4.69, 9.17) is 10.3 Å². The third-order valence-electron chi connectivity index (χ3n) is 6.33. The second-order valence-electron chi connectivity index (χ2n) is 9.76. The summed E-state index contributed by atoms with van der Waals surface area (Å²) in [5.41, 5.74) is 9.08. The molecule has 0 bridgehead atoms. The van der Waals surface area contributed by atoms with Gasteiger partial charge < -0.3 is 16.0 Å². The van der Waals surface area contributed by atoms with Crippen LogP contribution in [0.4, 0.5) is 0 Å². The highest BCUT2D eigenvalue weighted by Crippen LogP contribution is 2.17. The van der Waals surface area contributed by atoms with E-state index in [1.165, 1.54) is 0 Å². The number of Topliss-reactive ketones (excluding diaryl/α,β-unsaturated/α-hetero) is 1. The van der Waals surface area contributed by atoms with Gasteiger partial charge in [-0.1, -0.05) is 84.9 Å². The second-order valence-corrected chi connectivity index (χ2v) is 11.2. The molecule has 4 N–H and O–H groups in total. The largest absolute Gasteiger partial charge is 0.363 e. The summed E-state index contributed by atoms with van der Waals surface area (Å²) in [6, 6.07) is 23.0. The lowest BCUT2D eigenvalue weighted by molar-refractivity contribution is -0.137. The number of hydrogen-bond acceptors (Lipinski definition) is 6. The Bertz CT molecular complexity index is 1540. The Morgan fingerprint density at radius 2 is 1.57 bits per heavy atom. The molecule has 1 heterocycles. The molecule has 4 rings (SSSR count). The number of nitrogens with two attached hydrogens (primary N) is 1. The molecule has 42 heavy (non-hydrogen) atoms. The molecule has 1 aliphatic heterocycles. The minimum absolute atomic E-state index is 0.154. The number of amides is 3. The van der Waals surface area contributed by atoms with Crippen LogP contribution in [0.3, 0.4) is 0 Å². The highest BCUT2D eigenvalue weighted by molar-refractivity contribution is 7.85. The summed E-state index contributed by atoms with van der Waals surface area (Å²) in [6.07, 6.45) is 6.13. The molecule has 1 aliphatic rings. The Morgan fingerprint density at radius 1 is 0.952 bits per heavy atom. The number of carbonyl (C=O) groups is 4. The van der Waals surface area contributed by atoms with Crippen LogP contribution in [0.15, 0.2) is 78.9 Å². The molecular weight excluding hydrogens is 558 g/mol. The van der Waals surface area contributed by atoms with Gasteiger partial charge in [-0.3, -0.25) is 23.7 Å². The lowest BCUT2D eigenvalue weighted by Crippen LogP contribution is -2.47. The van der Waals surface area contributed by atoms with Gasteiger partial charge in [-0.05, 0) is 34.7 Å². The van der Waals surface area contributed by atoms with E-state index in [9.17, 15) is 27.6 Å². The summed E-state index contributed by atoms with van der Waals surface area (Å²) < 4.78 is 25.9. The monoisotopic (exact) mass is 591 g/mol. The maximum Gasteiger partial charge on any atom is 0.287 e. The molecule has 0 radical (unpaired) electrons. The zero-order chi connectivity index (χ0) is 30.7. The van der Waals surface area contributed by atoms with Crippen molar-refractivity contribution in [3.8, 4) is 0 Å². The topological polar surface area (TPSA) is 164 Å². The van der Waals surface area contributed by atoms with Crippen molar-refractivity contribution < 1.29 is 32.1 Å². The van der Waals surface area contributed by atoms with E-state index in [1.807, 2.05) is 77.7 Å². The van der Waals surface area contributed by atoms with Crippen LogP contribution in [0.5, 0.6) is 0 Å². The van der Waals surface area contributed by atoms with Crippen molar-refractivity contribution in [1.82, 2.24) is 10.2 Å². The smallest absolute Gasteiger partial charge is 0.287 e. The lowest BCUT2D eigenvalue weighted by atomic mass is 10.00. The number of ketones is 1. The Hall–Kier alpha value is -4.61. The van der Waals surface area contributed by atoms with Crippen LogP contribution in [-0.2, 0) is 37.5 Å². The third-order valence-corrected chi connectivity index (χ3v) is 6.33. The first-order valence-electron chi connectivity index (χ1n) is 13.2. The van der Waals surface area contributed by atoms with Gasteiger partial charge in [-0.15, -0.1) is 0 Å². The first-order chi connectivity index (χ1) is 19.9. The lowest BCUT2D eigenvalue weighted by Gasteiger charge is -2.17. The predicted molar refractivity (Wildman–Crippen MR) is 160 cm³/mol. The van der Waals surface area contributed by atoms with Gasteiger partial charge in [0.1, 0.15) is 6.04 Å². The quantitative estimate of drug-likeness (QED) is 0.185. The number of primary amides is 1. The molecule has 3 aromatic carbocycles. The number of nitrogens with one attached hydrogen (secondary N) is 1. The summed E-state index contributed by atoms with van der Waals surface area (Å²) in [5, 5.41) is 2.69. The predicted octanol–water partition coefficient (Wildman–Crippen LogP) is 2.88. The van der Waals surface area contributed by atoms with Crippen molar-refractivity contribution in [3.63, 3.8) is 0 Å². The van der Waals surface area contributed by atoms with Gasteiger partial charge in [0.15, 0.2) is 0 Å². The Labute approximate surface area is 245 Å². The van der Waals surface area contributed by atoms with Crippen LogP contribution >= 0.6 is 0 Å². The maximum absolute atomic E-state index is 13.2. The average Bonchev–Trinajstić information content (AvgIpc) is 3.35. The zero-order valence-corrected chi connectivity index (χ0v) is 23.9. The van der Waals surface area contributed by atoms with Crippen LogP contribution in [0.25, 0.3) is 12.2 Å². The molecule has 3 amide bonds. The van der Waals surface area contributed by atoms with E-state index >= 15 is 0 Å². The molecule has 0 aliphatic carbocycles. The zero-order valence-electron chi connectivity index (χ0n) is 23.1. The second kappa shape index (κ2) is 14.9. The van der Waals surface area contributed by atoms with Gasteiger partial charge in [0.05, 0.1) is 6.26 Å². The van der Waals surface area contributed by atoms with E-state index in [0.29, 0.717) is 30.3 Å². The van der Waals surface area contributed by atoms with Crippen molar-refractivity contribution in [2.45, 2.75) is 31.8 Å². The van der Waals surface area contributed by atoms with Crippen LogP contribution < -0.4 is 11.1 Å². The summed E-state index contributed by atoms with van der Waals surface area (Å²) in [5.74, 6) is -2.21. The van der Waals surface area contributed by atoms with Crippen LogP contribution in [0.1, 0.15) is 45.5 Å². The van der Waals surface area contributed by atoms with Crippen molar-refractivity contribution in [1.29, 1.82) is 0 Å². The SMILES string of the molecule is CS(=O)(=O)O.NC(=O)C(=O)C(Cc1ccccc1)NC(=O)c1ccccc1/C=C/c1ccc(CN2CCCC2=O)cc1. The Balaban J connectivity index is 0.000000892. The van der Waals surface area contributed by atoms with Gasteiger partial charge in [0.2, 0.25) is 11.7 Å². The van der Waals surface area contributed by atoms with E-state index in [-0.39, 0.29) is 12.3 Å². The maximum atomic E-state index is 13.2.